The van der Waals surface area contributed by atoms with Crippen LogP contribution in [0.15, 0.2) is 47.7 Å². The quantitative estimate of drug-likeness (QED) is 0.771. The number of aromatic nitrogens is 3. The molecule has 0 saturated heterocycles. The first-order chi connectivity index (χ1) is 11.8. The smallest absolute Gasteiger partial charge is 0.256 e. The lowest BCUT2D eigenvalue weighted by atomic mass is 9.95. The van der Waals surface area contributed by atoms with E-state index in [1.165, 1.54) is 32.1 Å². The van der Waals surface area contributed by atoms with Gasteiger partial charge in [0.15, 0.2) is 0 Å². The van der Waals surface area contributed by atoms with Crippen LogP contribution in [0.5, 0.6) is 0 Å². The summed E-state index contributed by atoms with van der Waals surface area (Å²) in [6.45, 7) is 0. The Morgan fingerprint density at radius 2 is 1.96 bits per heavy atom. The number of nitrogens with one attached hydrogen (secondary N) is 2. The number of pyridine rings is 3. The molecule has 3 heterocycles. The van der Waals surface area contributed by atoms with Crippen molar-refractivity contribution in [3.8, 4) is 11.3 Å². The van der Waals surface area contributed by atoms with Crippen LogP contribution >= 0.6 is 0 Å². The van der Waals surface area contributed by atoms with Gasteiger partial charge in [-0.2, -0.15) is 0 Å². The summed E-state index contributed by atoms with van der Waals surface area (Å²) in [5.74, 6) is 0.867. The molecule has 0 atom stereocenters. The van der Waals surface area contributed by atoms with E-state index >= 15 is 0 Å². The average molecular weight is 320 g/mol. The number of anilines is 1. The molecule has 3 aromatic rings. The van der Waals surface area contributed by atoms with Crippen molar-refractivity contribution in [3.63, 3.8) is 0 Å². The summed E-state index contributed by atoms with van der Waals surface area (Å²) in [7, 11) is 0. The Balaban J connectivity index is 1.66. The van der Waals surface area contributed by atoms with E-state index in [9.17, 15) is 4.79 Å². The molecule has 1 saturated carbocycles. The van der Waals surface area contributed by atoms with Crippen LogP contribution in [-0.4, -0.2) is 21.0 Å². The Hall–Kier alpha value is -2.69. The lowest BCUT2D eigenvalue weighted by Gasteiger charge is -2.23. The fourth-order valence-corrected chi connectivity index (χ4v) is 3.40. The molecule has 1 fully saturated rings. The third-order valence-corrected chi connectivity index (χ3v) is 4.67. The Morgan fingerprint density at radius 3 is 2.83 bits per heavy atom. The van der Waals surface area contributed by atoms with E-state index in [1.54, 1.807) is 24.7 Å². The fraction of sp³-hybridized carbons (Fsp3) is 0.316. The third kappa shape index (κ3) is 3.02. The summed E-state index contributed by atoms with van der Waals surface area (Å²) in [5, 5.41) is 5.03. The van der Waals surface area contributed by atoms with E-state index in [0.717, 1.165) is 22.5 Å². The zero-order chi connectivity index (χ0) is 16.4. The van der Waals surface area contributed by atoms with Crippen molar-refractivity contribution in [2.75, 3.05) is 5.32 Å². The fourth-order valence-electron chi connectivity index (χ4n) is 3.40. The number of nitrogens with zero attached hydrogens (tertiary/aromatic N) is 2. The Morgan fingerprint density at radius 1 is 1.08 bits per heavy atom. The lowest BCUT2D eigenvalue weighted by molar-refractivity contribution is 0.462. The highest BCUT2D eigenvalue weighted by atomic mass is 16.1. The number of rotatable bonds is 3. The summed E-state index contributed by atoms with van der Waals surface area (Å²) < 4.78 is 0. The van der Waals surface area contributed by atoms with Crippen molar-refractivity contribution >= 4 is 16.6 Å². The number of aromatic amines is 1. The van der Waals surface area contributed by atoms with Crippen molar-refractivity contribution in [3.05, 3.63) is 53.2 Å². The van der Waals surface area contributed by atoms with E-state index in [0.29, 0.717) is 11.4 Å². The summed E-state index contributed by atoms with van der Waals surface area (Å²) in [5.41, 5.74) is 1.64. The molecule has 0 radical (unpaired) electrons. The van der Waals surface area contributed by atoms with Crippen molar-refractivity contribution in [1.29, 1.82) is 0 Å². The average Bonchev–Trinajstić information content (AvgIpc) is 2.63. The lowest BCUT2D eigenvalue weighted by Crippen LogP contribution is -2.22. The van der Waals surface area contributed by atoms with Gasteiger partial charge < -0.3 is 10.3 Å². The SMILES string of the molecule is O=c1[nH]c(-c2ccnc(NC3CCCCC3)c2)cc2cnccc12. The van der Waals surface area contributed by atoms with Gasteiger partial charge in [0.1, 0.15) is 5.82 Å². The molecule has 0 bridgehead atoms. The van der Waals surface area contributed by atoms with Crippen LogP contribution < -0.4 is 10.9 Å². The minimum Gasteiger partial charge on any atom is -0.367 e. The van der Waals surface area contributed by atoms with E-state index in [2.05, 4.69) is 20.3 Å². The van der Waals surface area contributed by atoms with Crippen LogP contribution in [0.3, 0.4) is 0 Å². The first-order valence-corrected chi connectivity index (χ1v) is 8.49. The monoisotopic (exact) mass is 320 g/mol. The Labute approximate surface area is 140 Å². The van der Waals surface area contributed by atoms with E-state index in [4.69, 9.17) is 0 Å². The minimum atomic E-state index is -0.0940. The first-order valence-electron chi connectivity index (χ1n) is 8.49. The predicted molar refractivity (Wildman–Crippen MR) is 96.1 cm³/mol. The zero-order valence-electron chi connectivity index (χ0n) is 13.5. The molecular weight excluding hydrogens is 300 g/mol. The second-order valence-electron chi connectivity index (χ2n) is 6.38. The van der Waals surface area contributed by atoms with Crippen LogP contribution in [0.4, 0.5) is 5.82 Å². The van der Waals surface area contributed by atoms with Crippen LogP contribution in [-0.2, 0) is 0 Å². The maximum Gasteiger partial charge on any atom is 0.256 e. The molecule has 5 nitrogen and oxygen atoms in total. The molecule has 0 unspecified atom stereocenters. The van der Waals surface area contributed by atoms with Gasteiger partial charge in [0, 0.05) is 41.3 Å². The topological polar surface area (TPSA) is 70.7 Å². The van der Waals surface area contributed by atoms with Gasteiger partial charge in [-0.1, -0.05) is 19.3 Å². The van der Waals surface area contributed by atoms with Crippen LogP contribution in [0.1, 0.15) is 32.1 Å². The first kappa shape index (κ1) is 14.9. The standard InChI is InChI=1S/C19H20N4O/c24-19-16-7-8-20-12-14(16)10-17(23-19)13-6-9-21-18(11-13)22-15-4-2-1-3-5-15/h6-12,15H,1-5H2,(H,21,22)(H,23,24). The predicted octanol–water partition coefficient (Wildman–Crippen LogP) is 3.73. The van der Waals surface area contributed by atoms with Gasteiger partial charge in [-0.15, -0.1) is 0 Å². The second kappa shape index (κ2) is 6.43. The normalized spacial score (nSPS) is 15.5. The number of hydrogen-bond acceptors (Lipinski definition) is 4. The van der Waals surface area contributed by atoms with Crippen molar-refractivity contribution in [2.24, 2.45) is 0 Å². The number of hydrogen-bond donors (Lipinski definition) is 2. The van der Waals surface area contributed by atoms with E-state index in [-0.39, 0.29) is 5.56 Å². The van der Waals surface area contributed by atoms with Gasteiger partial charge >= 0.3 is 0 Å². The molecule has 3 aromatic heterocycles. The number of fused-ring (bicyclic) bond motifs is 1. The molecule has 0 spiro atoms. The molecule has 1 aliphatic rings. The van der Waals surface area contributed by atoms with Crippen molar-refractivity contribution in [2.45, 2.75) is 38.1 Å². The highest BCUT2D eigenvalue weighted by Crippen LogP contribution is 2.24. The third-order valence-electron chi connectivity index (χ3n) is 4.67. The molecule has 2 N–H and O–H groups in total. The van der Waals surface area contributed by atoms with Gasteiger partial charge in [0.05, 0.1) is 5.39 Å². The van der Waals surface area contributed by atoms with Gasteiger partial charge in [-0.05, 0) is 37.1 Å². The zero-order valence-corrected chi connectivity index (χ0v) is 13.5. The second-order valence-corrected chi connectivity index (χ2v) is 6.38. The molecule has 0 aromatic carbocycles. The number of H-pyrrole nitrogens is 1. The van der Waals surface area contributed by atoms with Crippen molar-refractivity contribution < 1.29 is 0 Å². The van der Waals surface area contributed by atoms with Gasteiger partial charge in [-0.3, -0.25) is 9.78 Å². The van der Waals surface area contributed by atoms with E-state index in [1.807, 2.05) is 18.2 Å². The molecule has 0 aliphatic heterocycles. The summed E-state index contributed by atoms with van der Waals surface area (Å²) >= 11 is 0. The highest BCUT2D eigenvalue weighted by molar-refractivity contribution is 5.84. The van der Waals surface area contributed by atoms with Crippen LogP contribution in [0.2, 0.25) is 0 Å². The molecule has 1 aliphatic carbocycles. The van der Waals surface area contributed by atoms with E-state index < -0.39 is 0 Å². The molecule has 5 heteroatoms. The highest BCUT2D eigenvalue weighted by Gasteiger charge is 2.14. The maximum atomic E-state index is 12.3. The molecule has 24 heavy (non-hydrogen) atoms. The van der Waals surface area contributed by atoms with Gasteiger partial charge in [0.2, 0.25) is 0 Å². The Bertz CT molecular complexity index is 912. The minimum absolute atomic E-state index is 0.0940. The molecule has 122 valence electrons. The molecule has 4 rings (SSSR count). The molecular formula is C19H20N4O. The largest absolute Gasteiger partial charge is 0.367 e. The van der Waals surface area contributed by atoms with Crippen molar-refractivity contribution in [1.82, 2.24) is 15.0 Å². The summed E-state index contributed by atoms with van der Waals surface area (Å²) in [6.07, 6.45) is 11.4. The van der Waals surface area contributed by atoms with Crippen LogP contribution in [0, 0.1) is 0 Å². The summed E-state index contributed by atoms with van der Waals surface area (Å²) in [4.78, 5) is 23.8. The van der Waals surface area contributed by atoms with Crippen LogP contribution in [0.25, 0.3) is 22.0 Å². The maximum absolute atomic E-state index is 12.3. The van der Waals surface area contributed by atoms with Gasteiger partial charge in [0.25, 0.3) is 5.56 Å². The Kier molecular flexibility index (Phi) is 3.99. The molecule has 0 amide bonds. The summed E-state index contributed by atoms with van der Waals surface area (Å²) in [6, 6.07) is 8.12. The van der Waals surface area contributed by atoms with Gasteiger partial charge in [-0.25, -0.2) is 4.98 Å².